The first kappa shape index (κ1) is 17.1. The van der Waals surface area contributed by atoms with E-state index in [9.17, 15) is 10.2 Å². The summed E-state index contributed by atoms with van der Waals surface area (Å²) in [4.78, 5) is 0. The van der Waals surface area contributed by atoms with Gasteiger partial charge in [0.05, 0.1) is 11.7 Å². The van der Waals surface area contributed by atoms with Gasteiger partial charge in [0, 0.05) is 12.0 Å². The zero-order chi connectivity index (χ0) is 17.2. The molecule has 0 heterocycles. The van der Waals surface area contributed by atoms with Gasteiger partial charge >= 0.3 is 0 Å². The zero-order valence-electron chi connectivity index (χ0n) is 15.6. The molecular formula is C21H35NO2. The molecule has 4 aliphatic rings. The van der Waals surface area contributed by atoms with Gasteiger partial charge in [-0.25, -0.2) is 0 Å². The second-order valence-corrected chi connectivity index (χ2v) is 9.71. The van der Waals surface area contributed by atoms with Crippen LogP contribution < -0.4 is 5.32 Å². The van der Waals surface area contributed by atoms with Gasteiger partial charge in [0.1, 0.15) is 0 Å². The van der Waals surface area contributed by atoms with Crippen molar-refractivity contribution in [3.63, 3.8) is 0 Å². The molecule has 0 aromatic rings. The first-order chi connectivity index (χ1) is 11.3. The van der Waals surface area contributed by atoms with Gasteiger partial charge in [0.25, 0.3) is 0 Å². The van der Waals surface area contributed by atoms with Crippen LogP contribution in [0.15, 0.2) is 11.6 Å². The fraction of sp³-hybridized carbons (Fsp3) is 0.905. The maximum atomic E-state index is 11.4. The Kier molecular flexibility index (Phi) is 3.95. The van der Waals surface area contributed by atoms with Crippen molar-refractivity contribution < 1.29 is 10.2 Å². The summed E-state index contributed by atoms with van der Waals surface area (Å²) in [7, 11) is 1.96. The largest absolute Gasteiger partial charge is 0.393 e. The summed E-state index contributed by atoms with van der Waals surface area (Å²) in [6, 6.07) is 0. The summed E-state index contributed by atoms with van der Waals surface area (Å²) in [5.41, 5.74) is 1.36. The Morgan fingerprint density at radius 2 is 1.88 bits per heavy atom. The predicted octanol–water partition coefficient (Wildman–Crippen LogP) is 3.26. The molecule has 0 bridgehead atoms. The molecule has 4 rings (SSSR count). The molecule has 7 atom stereocenters. The van der Waals surface area contributed by atoms with Crippen LogP contribution in [0.1, 0.15) is 65.2 Å². The fourth-order valence-electron chi connectivity index (χ4n) is 7.33. The minimum atomic E-state index is -0.537. The van der Waals surface area contributed by atoms with E-state index in [1.807, 2.05) is 7.05 Å². The highest BCUT2D eigenvalue weighted by Gasteiger charge is 2.63. The van der Waals surface area contributed by atoms with E-state index in [1.165, 1.54) is 18.4 Å². The SMILES string of the molecule is CNC[C@]1(O)CC[C@H]2[C@@H]3CC=C4C[C@@H](O)CC[C@]4(C)[C@H]3CC[C@@]21C. The minimum Gasteiger partial charge on any atom is -0.393 e. The van der Waals surface area contributed by atoms with Crippen molar-refractivity contribution in [3.05, 3.63) is 11.6 Å². The van der Waals surface area contributed by atoms with Crippen LogP contribution in [0.5, 0.6) is 0 Å². The lowest BCUT2D eigenvalue weighted by Gasteiger charge is -2.59. The summed E-state index contributed by atoms with van der Waals surface area (Å²) < 4.78 is 0. The Balaban J connectivity index is 1.65. The molecule has 3 saturated carbocycles. The van der Waals surface area contributed by atoms with Crippen LogP contribution in [0, 0.1) is 28.6 Å². The average molecular weight is 334 g/mol. The van der Waals surface area contributed by atoms with E-state index in [-0.39, 0.29) is 11.5 Å². The molecule has 136 valence electrons. The number of allylic oxidation sites excluding steroid dienone is 1. The molecule has 3 heteroatoms. The second-order valence-electron chi connectivity index (χ2n) is 9.71. The third-order valence-electron chi connectivity index (χ3n) is 8.87. The summed E-state index contributed by atoms with van der Waals surface area (Å²) in [6.45, 7) is 5.56. The van der Waals surface area contributed by atoms with Crippen LogP contribution in [0.3, 0.4) is 0 Å². The molecule has 0 aromatic heterocycles. The quantitative estimate of drug-likeness (QED) is 0.680. The summed E-state index contributed by atoms with van der Waals surface area (Å²) in [5, 5.41) is 24.7. The van der Waals surface area contributed by atoms with Crippen LogP contribution in [0.25, 0.3) is 0 Å². The highest BCUT2D eigenvalue weighted by Crippen LogP contribution is 2.66. The van der Waals surface area contributed by atoms with Gasteiger partial charge < -0.3 is 15.5 Å². The number of aliphatic hydroxyl groups excluding tert-OH is 1. The minimum absolute atomic E-state index is 0.0626. The maximum absolute atomic E-state index is 11.4. The van der Waals surface area contributed by atoms with E-state index in [4.69, 9.17) is 0 Å². The van der Waals surface area contributed by atoms with E-state index in [0.29, 0.717) is 11.3 Å². The predicted molar refractivity (Wildman–Crippen MR) is 96.6 cm³/mol. The second kappa shape index (κ2) is 5.56. The molecular weight excluding hydrogens is 298 g/mol. The molecule has 3 N–H and O–H groups in total. The van der Waals surface area contributed by atoms with Crippen molar-refractivity contribution in [2.45, 2.75) is 76.9 Å². The van der Waals surface area contributed by atoms with Gasteiger partial charge in [0.15, 0.2) is 0 Å². The van der Waals surface area contributed by atoms with E-state index in [0.717, 1.165) is 56.9 Å². The number of nitrogens with one attached hydrogen (secondary N) is 1. The van der Waals surface area contributed by atoms with E-state index in [1.54, 1.807) is 0 Å². The van der Waals surface area contributed by atoms with Gasteiger partial charge in [-0.1, -0.05) is 25.5 Å². The number of aliphatic hydroxyl groups is 2. The molecule has 3 fully saturated rings. The van der Waals surface area contributed by atoms with Crippen molar-refractivity contribution in [2.24, 2.45) is 28.6 Å². The van der Waals surface area contributed by atoms with Crippen LogP contribution in [-0.4, -0.2) is 35.5 Å². The Morgan fingerprint density at radius 3 is 2.62 bits per heavy atom. The number of hydrogen-bond donors (Lipinski definition) is 3. The molecule has 4 aliphatic carbocycles. The molecule has 0 unspecified atom stereocenters. The Bertz CT molecular complexity index is 546. The normalized spacial score (nSPS) is 53.8. The molecule has 0 saturated heterocycles. The number of rotatable bonds is 2. The van der Waals surface area contributed by atoms with E-state index in [2.05, 4.69) is 25.2 Å². The Morgan fingerprint density at radius 1 is 1.12 bits per heavy atom. The van der Waals surface area contributed by atoms with Crippen LogP contribution in [0.4, 0.5) is 0 Å². The maximum Gasteiger partial charge on any atom is 0.0827 e. The molecule has 0 amide bonds. The van der Waals surface area contributed by atoms with Crippen molar-refractivity contribution in [2.75, 3.05) is 13.6 Å². The topological polar surface area (TPSA) is 52.5 Å². The number of likely N-dealkylation sites (N-methyl/N-ethyl adjacent to an activating group) is 1. The molecule has 3 nitrogen and oxygen atoms in total. The molecule has 0 radical (unpaired) electrons. The summed E-state index contributed by atoms with van der Waals surface area (Å²) >= 11 is 0. The van der Waals surface area contributed by atoms with Crippen molar-refractivity contribution in [1.82, 2.24) is 5.32 Å². The Labute approximate surface area is 146 Å². The molecule has 24 heavy (non-hydrogen) atoms. The summed E-state index contributed by atoms with van der Waals surface area (Å²) in [5.74, 6) is 2.12. The third kappa shape index (κ3) is 2.13. The molecule has 0 spiro atoms. The first-order valence-corrected chi connectivity index (χ1v) is 10.1. The fourth-order valence-corrected chi connectivity index (χ4v) is 7.33. The Hall–Kier alpha value is -0.380. The average Bonchev–Trinajstić information content (AvgIpc) is 2.80. The van der Waals surface area contributed by atoms with Gasteiger partial charge in [-0.15, -0.1) is 0 Å². The first-order valence-electron chi connectivity index (χ1n) is 10.1. The monoisotopic (exact) mass is 333 g/mol. The van der Waals surface area contributed by atoms with Crippen LogP contribution >= 0.6 is 0 Å². The highest BCUT2D eigenvalue weighted by atomic mass is 16.3. The van der Waals surface area contributed by atoms with Crippen molar-refractivity contribution in [1.29, 1.82) is 0 Å². The van der Waals surface area contributed by atoms with E-state index < -0.39 is 5.60 Å². The zero-order valence-corrected chi connectivity index (χ0v) is 15.6. The number of fused-ring (bicyclic) bond motifs is 5. The van der Waals surface area contributed by atoms with Crippen LogP contribution in [-0.2, 0) is 0 Å². The lowest BCUT2D eigenvalue weighted by Crippen LogP contribution is -2.57. The highest BCUT2D eigenvalue weighted by molar-refractivity contribution is 5.26. The van der Waals surface area contributed by atoms with Gasteiger partial charge in [-0.3, -0.25) is 0 Å². The lowest BCUT2D eigenvalue weighted by molar-refractivity contribution is -0.122. The third-order valence-corrected chi connectivity index (χ3v) is 8.87. The number of hydrogen-bond acceptors (Lipinski definition) is 3. The van der Waals surface area contributed by atoms with Crippen molar-refractivity contribution >= 4 is 0 Å². The van der Waals surface area contributed by atoms with E-state index >= 15 is 0 Å². The molecule has 0 aliphatic heterocycles. The van der Waals surface area contributed by atoms with Crippen molar-refractivity contribution in [3.8, 4) is 0 Å². The van der Waals surface area contributed by atoms with Gasteiger partial charge in [-0.2, -0.15) is 0 Å². The standard InChI is InChI=1S/C21H35NO2/c1-19-9-6-15(23)12-14(19)4-5-16-17(19)7-10-20(2)18(16)8-11-21(20,24)13-22-3/h4,15-18,22-24H,5-13H2,1-3H3/t15-,16+,17-,18-,19-,20-,21+/m0/s1. The van der Waals surface area contributed by atoms with Gasteiger partial charge in [0.2, 0.25) is 0 Å². The smallest absolute Gasteiger partial charge is 0.0827 e. The van der Waals surface area contributed by atoms with Gasteiger partial charge in [-0.05, 0) is 81.6 Å². The lowest BCUT2D eigenvalue weighted by atomic mass is 9.47. The summed E-state index contributed by atoms with van der Waals surface area (Å²) in [6.07, 6.45) is 11.0. The van der Waals surface area contributed by atoms with Crippen LogP contribution in [0.2, 0.25) is 0 Å². The molecule has 0 aromatic carbocycles.